The lowest BCUT2D eigenvalue weighted by Gasteiger charge is -2.06. The van der Waals surface area contributed by atoms with Gasteiger partial charge in [-0.25, -0.2) is 13.6 Å². The number of sulfonamides is 1. The maximum atomic E-state index is 11.2. The zero-order valence-corrected chi connectivity index (χ0v) is 11.2. The standard InChI is InChI=1S/C8H9Br2NO2S/c9-4-6-1-2-8(14(11,12)13)7(3-6)5-10/h1-3H,4-5H2,(H2,11,12,13). The maximum Gasteiger partial charge on any atom is 0.238 e. The van der Waals surface area contributed by atoms with Gasteiger partial charge in [-0.1, -0.05) is 44.0 Å². The first-order chi connectivity index (χ1) is 6.49. The van der Waals surface area contributed by atoms with E-state index in [9.17, 15) is 8.42 Å². The van der Waals surface area contributed by atoms with Crippen molar-refractivity contribution in [2.75, 3.05) is 0 Å². The number of hydrogen-bond acceptors (Lipinski definition) is 2. The Morgan fingerprint density at radius 3 is 2.29 bits per heavy atom. The molecule has 0 aliphatic rings. The van der Waals surface area contributed by atoms with Crippen LogP contribution in [0.4, 0.5) is 0 Å². The average molecular weight is 343 g/mol. The third-order valence-electron chi connectivity index (χ3n) is 1.73. The molecule has 0 spiro atoms. The van der Waals surface area contributed by atoms with Crippen molar-refractivity contribution in [3.63, 3.8) is 0 Å². The summed E-state index contributed by atoms with van der Waals surface area (Å²) in [6, 6.07) is 5.08. The molecule has 0 saturated heterocycles. The highest BCUT2D eigenvalue weighted by Gasteiger charge is 2.12. The van der Waals surface area contributed by atoms with E-state index in [1.807, 2.05) is 6.07 Å². The van der Waals surface area contributed by atoms with E-state index in [0.29, 0.717) is 16.2 Å². The van der Waals surface area contributed by atoms with Crippen LogP contribution in [0.2, 0.25) is 0 Å². The molecule has 14 heavy (non-hydrogen) atoms. The van der Waals surface area contributed by atoms with Gasteiger partial charge < -0.3 is 0 Å². The monoisotopic (exact) mass is 341 g/mol. The average Bonchev–Trinajstić information content (AvgIpc) is 2.15. The molecule has 0 radical (unpaired) electrons. The second-order valence-corrected chi connectivity index (χ2v) is 5.41. The summed E-state index contributed by atoms with van der Waals surface area (Å²) >= 11 is 6.53. The molecule has 1 aromatic carbocycles. The van der Waals surface area contributed by atoms with Crippen LogP contribution >= 0.6 is 31.9 Å². The number of alkyl halides is 2. The molecule has 0 bridgehead atoms. The number of benzene rings is 1. The normalized spacial score (nSPS) is 11.6. The first kappa shape index (κ1) is 12.2. The lowest BCUT2D eigenvalue weighted by Crippen LogP contribution is -2.14. The molecule has 0 saturated carbocycles. The molecule has 3 nitrogen and oxygen atoms in total. The van der Waals surface area contributed by atoms with Gasteiger partial charge in [-0.15, -0.1) is 0 Å². The minimum Gasteiger partial charge on any atom is -0.225 e. The van der Waals surface area contributed by atoms with Crippen molar-refractivity contribution in [2.45, 2.75) is 15.6 Å². The van der Waals surface area contributed by atoms with Crippen LogP contribution in [0.5, 0.6) is 0 Å². The van der Waals surface area contributed by atoms with E-state index in [1.54, 1.807) is 6.07 Å². The summed E-state index contributed by atoms with van der Waals surface area (Å²) in [5.74, 6) is 0. The summed E-state index contributed by atoms with van der Waals surface area (Å²) < 4.78 is 22.3. The van der Waals surface area contributed by atoms with Crippen LogP contribution < -0.4 is 5.14 Å². The maximum absolute atomic E-state index is 11.2. The smallest absolute Gasteiger partial charge is 0.225 e. The Morgan fingerprint density at radius 2 is 1.86 bits per heavy atom. The van der Waals surface area contributed by atoms with Gasteiger partial charge in [-0.2, -0.15) is 0 Å². The van der Waals surface area contributed by atoms with Crippen molar-refractivity contribution in [1.29, 1.82) is 0 Å². The number of hydrogen-bond donors (Lipinski definition) is 1. The summed E-state index contributed by atoms with van der Waals surface area (Å²) in [6.07, 6.45) is 0. The molecule has 1 aromatic rings. The van der Waals surface area contributed by atoms with Gasteiger partial charge in [-0.3, -0.25) is 0 Å². The van der Waals surface area contributed by atoms with Gasteiger partial charge in [0, 0.05) is 10.7 Å². The van der Waals surface area contributed by atoms with Crippen molar-refractivity contribution in [3.05, 3.63) is 29.3 Å². The van der Waals surface area contributed by atoms with Gasteiger partial charge >= 0.3 is 0 Å². The van der Waals surface area contributed by atoms with Crippen molar-refractivity contribution in [3.8, 4) is 0 Å². The molecule has 0 atom stereocenters. The highest BCUT2D eigenvalue weighted by Crippen LogP contribution is 2.20. The zero-order valence-electron chi connectivity index (χ0n) is 7.20. The van der Waals surface area contributed by atoms with Gasteiger partial charge in [0.1, 0.15) is 0 Å². The molecule has 6 heteroatoms. The van der Waals surface area contributed by atoms with Crippen LogP contribution in [-0.4, -0.2) is 8.42 Å². The number of rotatable bonds is 3. The Balaban J connectivity index is 3.33. The highest BCUT2D eigenvalue weighted by molar-refractivity contribution is 9.08. The molecule has 0 unspecified atom stereocenters. The van der Waals surface area contributed by atoms with Crippen LogP contribution in [0, 0.1) is 0 Å². The fourth-order valence-electron chi connectivity index (χ4n) is 1.10. The van der Waals surface area contributed by atoms with Gasteiger partial charge in [-0.05, 0) is 17.2 Å². The minimum atomic E-state index is -3.62. The molecule has 0 aliphatic carbocycles. The number of nitrogens with two attached hydrogens (primary N) is 1. The molecule has 0 heterocycles. The summed E-state index contributed by atoms with van der Waals surface area (Å²) in [7, 11) is -3.62. The van der Waals surface area contributed by atoms with Crippen LogP contribution in [0.25, 0.3) is 0 Å². The number of halogens is 2. The Morgan fingerprint density at radius 1 is 1.21 bits per heavy atom. The quantitative estimate of drug-likeness (QED) is 0.855. The Hall–Kier alpha value is 0.0900. The Kier molecular flexibility index (Phi) is 4.12. The van der Waals surface area contributed by atoms with Crippen molar-refractivity contribution in [2.24, 2.45) is 5.14 Å². The molecular formula is C8H9Br2NO2S. The Labute approximate surface area is 100.0 Å². The molecule has 78 valence electrons. The van der Waals surface area contributed by atoms with Gasteiger partial charge in [0.2, 0.25) is 10.0 Å². The predicted octanol–water partition coefficient (Wildman–Crippen LogP) is 2.12. The van der Waals surface area contributed by atoms with Gasteiger partial charge in [0.05, 0.1) is 4.90 Å². The lowest BCUT2D eigenvalue weighted by atomic mass is 10.2. The SMILES string of the molecule is NS(=O)(=O)c1ccc(CBr)cc1CBr. The van der Waals surface area contributed by atoms with Crippen LogP contribution in [0.3, 0.4) is 0 Å². The molecule has 0 amide bonds. The Bertz CT molecular complexity index is 431. The second kappa shape index (κ2) is 4.74. The van der Waals surface area contributed by atoms with E-state index in [-0.39, 0.29) is 4.90 Å². The van der Waals surface area contributed by atoms with Crippen molar-refractivity contribution < 1.29 is 8.42 Å². The molecule has 0 aliphatic heterocycles. The van der Waals surface area contributed by atoms with Crippen LogP contribution in [-0.2, 0) is 20.7 Å². The van der Waals surface area contributed by atoms with Crippen LogP contribution in [0.1, 0.15) is 11.1 Å². The first-order valence-electron chi connectivity index (χ1n) is 3.75. The third kappa shape index (κ3) is 2.79. The van der Waals surface area contributed by atoms with E-state index in [4.69, 9.17) is 5.14 Å². The van der Waals surface area contributed by atoms with Gasteiger partial charge in [0.25, 0.3) is 0 Å². The number of primary sulfonamides is 1. The van der Waals surface area contributed by atoms with E-state index < -0.39 is 10.0 Å². The van der Waals surface area contributed by atoms with E-state index >= 15 is 0 Å². The molecular weight excluding hydrogens is 334 g/mol. The predicted molar refractivity (Wildman–Crippen MR) is 63.1 cm³/mol. The minimum absolute atomic E-state index is 0.180. The van der Waals surface area contributed by atoms with Crippen LogP contribution in [0.15, 0.2) is 23.1 Å². The van der Waals surface area contributed by atoms with Crippen molar-refractivity contribution >= 4 is 41.9 Å². The van der Waals surface area contributed by atoms with E-state index in [2.05, 4.69) is 31.9 Å². The highest BCUT2D eigenvalue weighted by atomic mass is 79.9. The first-order valence-corrected chi connectivity index (χ1v) is 7.54. The summed E-state index contributed by atoms with van der Waals surface area (Å²) in [5, 5.41) is 6.23. The topological polar surface area (TPSA) is 60.2 Å². The zero-order chi connectivity index (χ0) is 10.8. The van der Waals surface area contributed by atoms with Crippen molar-refractivity contribution in [1.82, 2.24) is 0 Å². The lowest BCUT2D eigenvalue weighted by molar-refractivity contribution is 0.597. The van der Waals surface area contributed by atoms with E-state index in [1.165, 1.54) is 6.07 Å². The molecule has 2 N–H and O–H groups in total. The summed E-state index contributed by atoms with van der Waals surface area (Å²) in [5.41, 5.74) is 1.70. The van der Waals surface area contributed by atoms with E-state index in [0.717, 1.165) is 5.56 Å². The fraction of sp³-hybridized carbons (Fsp3) is 0.250. The summed E-state index contributed by atoms with van der Waals surface area (Å²) in [4.78, 5) is 0.180. The molecule has 0 fully saturated rings. The summed E-state index contributed by atoms with van der Waals surface area (Å²) in [6.45, 7) is 0. The second-order valence-electron chi connectivity index (χ2n) is 2.75. The largest absolute Gasteiger partial charge is 0.238 e. The third-order valence-corrected chi connectivity index (χ3v) is 3.99. The van der Waals surface area contributed by atoms with Gasteiger partial charge in [0.15, 0.2) is 0 Å². The fourth-order valence-corrected chi connectivity index (χ4v) is 2.85. The molecule has 0 aromatic heterocycles. The molecule has 1 rings (SSSR count).